The van der Waals surface area contributed by atoms with Crippen LogP contribution in [0.2, 0.25) is 0 Å². The second-order valence-corrected chi connectivity index (χ2v) is 9.22. The molecule has 7 nitrogen and oxygen atoms in total. The molecule has 36 heavy (non-hydrogen) atoms. The van der Waals surface area contributed by atoms with Crippen molar-refractivity contribution in [3.63, 3.8) is 0 Å². The SMILES string of the molecule is CC[C@H]1Oc2ccc(NC(=O)Nc3cccc(OC)c3)cc2CN([C@H]2CCCc3ccccc32)C1=O. The van der Waals surface area contributed by atoms with Crippen LogP contribution in [0.3, 0.4) is 0 Å². The Labute approximate surface area is 211 Å². The van der Waals surface area contributed by atoms with Crippen LogP contribution < -0.4 is 20.1 Å². The number of benzene rings is 3. The summed E-state index contributed by atoms with van der Waals surface area (Å²) in [4.78, 5) is 28.2. The molecule has 3 aromatic rings. The Morgan fingerprint density at radius 2 is 1.83 bits per heavy atom. The predicted octanol–water partition coefficient (Wildman–Crippen LogP) is 5.92. The minimum Gasteiger partial charge on any atom is -0.497 e. The molecular weight excluding hydrogens is 454 g/mol. The van der Waals surface area contributed by atoms with E-state index in [1.54, 1.807) is 25.3 Å². The molecule has 3 amide bonds. The first-order valence-corrected chi connectivity index (χ1v) is 12.5. The van der Waals surface area contributed by atoms with E-state index in [-0.39, 0.29) is 18.0 Å². The number of rotatable bonds is 5. The van der Waals surface area contributed by atoms with Gasteiger partial charge in [-0.15, -0.1) is 0 Å². The number of nitrogens with zero attached hydrogens (tertiary/aromatic N) is 1. The molecule has 2 atom stereocenters. The largest absolute Gasteiger partial charge is 0.497 e. The Morgan fingerprint density at radius 3 is 2.64 bits per heavy atom. The van der Waals surface area contributed by atoms with Crippen LogP contribution in [-0.2, 0) is 17.8 Å². The normalized spacial score (nSPS) is 18.8. The zero-order valence-corrected chi connectivity index (χ0v) is 20.6. The zero-order chi connectivity index (χ0) is 25.1. The predicted molar refractivity (Wildman–Crippen MR) is 139 cm³/mol. The fraction of sp³-hybridized carbons (Fsp3) is 0.310. The van der Waals surface area contributed by atoms with Crippen molar-refractivity contribution in [1.82, 2.24) is 4.90 Å². The van der Waals surface area contributed by atoms with Gasteiger partial charge in [0.1, 0.15) is 11.5 Å². The van der Waals surface area contributed by atoms with Gasteiger partial charge in [0.05, 0.1) is 19.7 Å². The Bertz CT molecular complexity index is 1270. The van der Waals surface area contributed by atoms with E-state index in [2.05, 4.69) is 28.8 Å². The highest BCUT2D eigenvalue weighted by atomic mass is 16.5. The fourth-order valence-electron chi connectivity index (χ4n) is 5.11. The molecule has 186 valence electrons. The number of urea groups is 1. The van der Waals surface area contributed by atoms with Crippen LogP contribution in [0.5, 0.6) is 11.5 Å². The van der Waals surface area contributed by atoms with Gasteiger partial charge in [0, 0.05) is 23.0 Å². The van der Waals surface area contributed by atoms with Crippen molar-refractivity contribution in [2.75, 3.05) is 17.7 Å². The van der Waals surface area contributed by atoms with E-state index >= 15 is 0 Å². The molecule has 1 aliphatic carbocycles. The number of ether oxygens (including phenoxy) is 2. The van der Waals surface area contributed by atoms with Crippen LogP contribution in [-0.4, -0.2) is 30.1 Å². The minimum absolute atomic E-state index is 0.0130. The van der Waals surface area contributed by atoms with Crippen LogP contribution >= 0.6 is 0 Å². The molecule has 3 aromatic carbocycles. The highest BCUT2D eigenvalue weighted by Gasteiger charge is 2.36. The van der Waals surface area contributed by atoms with Crippen molar-refractivity contribution in [3.8, 4) is 11.5 Å². The topological polar surface area (TPSA) is 79.9 Å². The summed E-state index contributed by atoms with van der Waals surface area (Å²) in [6.45, 7) is 2.40. The van der Waals surface area contributed by atoms with Gasteiger partial charge in [-0.05, 0) is 67.1 Å². The van der Waals surface area contributed by atoms with Gasteiger partial charge >= 0.3 is 6.03 Å². The molecule has 0 saturated heterocycles. The minimum atomic E-state index is -0.532. The Hall–Kier alpha value is -4.00. The molecule has 1 aliphatic heterocycles. The van der Waals surface area contributed by atoms with Gasteiger partial charge in [0.2, 0.25) is 0 Å². The molecule has 0 bridgehead atoms. The second kappa shape index (κ2) is 10.3. The molecule has 2 N–H and O–H groups in total. The molecule has 7 heteroatoms. The summed E-state index contributed by atoms with van der Waals surface area (Å²) < 4.78 is 11.4. The molecule has 5 rings (SSSR count). The van der Waals surface area contributed by atoms with Gasteiger partial charge in [-0.1, -0.05) is 37.3 Å². The number of methoxy groups -OCH3 is 1. The van der Waals surface area contributed by atoms with E-state index < -0.39 is 6.10 Å². The maximum absolute atomic E-state index is 13.6. The lowest BCUT2D eigenvalue weighted by Crippen LogP contribution is -2.42. The van der Waals surface area contributed by atoms with E-state index in [0.717, 1.165) is 24.8 Å². The van der Waals surface area contributed by atoms with Crippen molar-refractivity contribution in [1.29, 1.82) is 0 Å². The third kappa shape index (κ3) is 4.87. The molecule has 0 spiro atoms. The molecule has 0 radical (unpaired) electrons. The Morgan fingerprint density at radius 1 is 1.03 bits per heavy atom. The van der Waals surface area contributed by atoms with Gasteiger partial charge in [-0.25, -0.2) is 4.79 Å². The number of carbonyl (C=O) groups excluding carboxylic acids is 2. The quantitative estimate of drug-likeness (QED) is 0.470. The highest BCUT2D eigenvalue weighted by Crippen LogP contribution is 2.39. The van der Waals surface area contributed by atoms with Crippen molar-refractivity contribution < 1.29 is 19.1 Å². The standard InChI is InChI=1S/C29H31N3O4/c1-3-26-28(33)32(25-13-6-9-19-8-4-5-12-24(19)25)18-20-16-22(14-15-27(20)36-26)31-29(34)30-21-10-7-11-23(17-21)35-2/h4-5,7-8,10-12,14-17,25-26H,3,6,9,13,18H2,1-2H3,(H2,30,31,34)/t25-,26+/m0/s1. The maximum atomic E-state index is 13.6. The van der Waals surface area contributed by atoms with E-state index in [1.165, 1.54) is 11.1 Å². The lowest BCUT2D eigenvalue weighted by Gasteiger charge is -2.36. The number of amides is 3. The molecule has 0 unspecified atom stereocenters. The molecule has 0 saturated carbocycles. The van der Waals surface area contributed by atoms with Gasteiger partial charge in [0.15, 0.2) is 6.10 Å². The van der Waals surface area contributed by atoms with E-state index in [4.69, 9.17) is 9.47 Å². The van der Waals surface area contributed by atoms with E-state index in [0.29, 0.717) is 35.8 Å². The Kier molecular flexibility index (Phi) is 6.80. The van der Waals surface area contributed by atoms with Gasteiger partial charge in [0.25, 0.3) is 5.91 Å². The molecular formula is C29H31N3O4. The lowest BCUT2D eigenvalue weighted by molar-refractivity contribution is -0.141. The number of aryl methyl sites for hydroxylation is 1. The zero-order valence-electron chi connectivity index (χ0n) is 20.6. The third-order valence-corrected chi connectivity index (χ3v) is 6.90. The molecule has 2 aliphatic rings. The highest BCUT2D eigenvalue weighted by molar-refractivity contribution is 6.00. The molecule has 0 fully saturated rings. The molecule has 1 heterocycles. The lowest BCUT2D eigenvalue weighted by atomic mass is 9.86. The van der Waals surface area contributed by atoms with Crippen LogP contribution in [0.15, 0.2) is 66.7 Å². The van der Waals surface area contributed by atoms with Crippen LogP contribution in [0.1, 0.15) is 48.9 Å². The van der Waals surface area contributed by atoms with E-state index in [1.807, 2.05) is 42.2 Å². The summed E-state index contributed by atoms with van der Waals surface area (Å²) in [6.07, 6.45) is 3.06. The van der Waals surface area contributed by atoms with E-state index in [9.17, 15) is 9.59 Å². The third-order valence-electron chi connectivity index (χ3n) is 6.90. The molecule has 0 aromatic heterocycles. The maximum Gasteiger partial charge on any atom is 0.323 e. The first-order valence-electron chi connectivity index (χ1n) is 12.5. The summed E-state index contributed by atoms with van der Waals surface area (Å²) in [5.41, 5.74) is 4.67. The smallest absolute Gasteiger partial charge is 0.323 e. The van der Waals surface area contributed by atoms with Crippen molar-refractivity contribution in [2.45, 2.75) is 51.3 Å². The summed E-state index contributed by atoms with van der Waals surface area (Å²) in [6, 6.07) is 20.8. The summed E-state index contributed by atoms with van der Waals surface area (Å²) in [5, 5.41) is 5.72. The number of carbonyl (C=O) groups is 2. The van der Waals surface area contributed by atoms with Gasteiger partial charge in [-0.3, -0.25) is 4.79 Å². The average Bonchev–Trinajstić information content (AvgIpc) is 3.04. The second-order valence-electron chi connectivity index (χ2n) is 9.22. The van der Waals surface area contributed by atoms with Crippen LogP contribution in [0, 0.1) is 0 Å². The van der Waals surface area contributed by atoms with Crippen molar-refractivity contribution in [2.24, 2.45) is 0 Å². The van der Waals surface area contributed by atoms with Crippen molar-refractivity contribution in [3.05, 3.63) is 83.4 Å². The monoisotopic (exact) mass is 485 g/mol. The number of hydrogen-bond acceptors (Lipinski definition) is 4. The van der Waals surface area contributed by atoms with Gasteiger partial charge in [-0.2, -0.15) is 0 Å². The van der Waals surface area contributed by atoms with Crippen LogP contribution in [0.4, 0.5) is 16.2 Å². The Balaban J connectivity index is 1.39. The number of hydrogen-bond donors (Lipinski definition) is 2. The average molecular weight is 486 g/mol. The van der Waals surface area contributed by atoms with Crippen molar-refractivity contribution >= 4 is 23.3 Å². The summed E-state index contributed by atoms with van der Waals surface area (Å²) in [7, 11) is 1.58. The number of anilines is 2. The summed E-state index contributed by atoms with van der Waals surface area (Å²) >= 11 is 0. The number of nitrogens with one attached hydrogen (secondary N) is 2. The van der Waals surface area contributed by atoms with Gasteiger partial charge < -0.3 is 25.0 Å². The first-order chi connectivity index (χ1) is 17.6. The fourth-order valence-corrected chi connectivity index (χ4v) is 5.11. The summed E-state index contributed by atoms with van der Waals surface area (Å²) in [5.74, 6) is 1.36. The number of fused-ring (bicyclic) bond motifs is 2. The van der Waals surface area contributed by atoms with Crippen LogP contribution in [0.25, 0.3) is 0 Å². The first kappa shape index (κ1) is 23.7.